The second-order valence-electron chi connectivity index (χ2n) is 4.59. The summed E-state index contributed by atoms with van der Waals surface area (Å²) in [6.07, 6.45) is 0. The van der Waals surface area contributed by atoms with Gasteiger partial charge in [0.25, 0.3) is 0 Å². The summed E-state index contributed by atoms with van der Waals surface area (Å²) < 4.78 is 0. The molecule has 20 heavy (non-hydrogen) atoms. The lowest BCUT2D eigenvalue weighted by Gasteiger charge is -2.25. The van der Waals surface area contributed by atoms with Crippen LogP contribution in [-0.2, 0) is 6.54 Å². The first-order chi connectivity index (χ1) is 9.63. The van der Waals surface area contributed by atoms with Crippen molar-refractivity contribution in [2.24, 2.45) is 5.73 Å². The summed E-state index contributed by atoms with van der Waals surface area (Å²) in [5, 5.41) is 0. The fraction of sp³-hybridized carbons (Fsp3) is 0.188. The van der Waals surface area contributed by atoms with Crippen molar-refractivity contribution in [3.8, 4) is 0 Å². The molecule has 0 spiro atoms. The summed E-state index contributed by atoms with van der Waals surface area (Å²) in [5.41, 5.74) is 14.6. The Morgan fingerprint density at radius 2 is 1.75 bits per heavy atom. The van der Waals surface area contributed by atoms with Crippen LogP contribution in [0.3, 0.4) is 0 Å². The molecule has 4 heteroatoms. The standard InChI is InChI=1S/C16H19N3O/c1-2-19(15-10-6-5-9-14(15)17)11-12-7-3-4-8-13(12)16(18)20/h3-10H,2,11,17H2,1H3,(H2,18,20). The number of carbonyl (C=O) groups is 1. The number of nitrogens with zero attached hydrogens (tertiary/aromatic N) is 1. The van der Waals surface area contributed by atoms with Crippen LogP contribution in [0.4, 0.5) is 11.4 Å². The van der Waals surface area contributed by atoms with Gasteiger partial charge in [-0.2, -0.15) is 0 Å². The number of para-hydroxylation sites is 2. The van der Waals surface area contributed by atoms with Crippen molar-refractivity contribution in [2.75, 3.05) is 17.2 Å². The third kappa shape index (κ3) is 2.91. The van der Waals surface area contributed by atoms with Gasteiger partial charge in [-0.05, 0) is 30.7 Å². The molecular formula is C16H19N3O. The van der Waals surface area contributed by atoms with Crippen molar-refractivity contribution in [1.82, 2.24) is 0 Å². The number of hydrogen-bond donors (Lipinski definition) is 2. The number of nitrogen functional groups attached to an aromatic ring is 1. The topological polar surface area (TPSA) is 72.3 Å². The Morgan fingerprint density at radius 1 is 1.10 bits per heavy atom. The summed E-state index contributed by atoms with van der Waals surface area (Å²) >= 11 is 0. The maximum atomic E-state index is 11.5. The van der Waals surface area contributed by atoms with Crippen molar-refractivity contribution >= 4 is 17.3 Å². The first-order valence-electron chi connectivity index (χ1n) is 6.60. The molecule has 2 rings (SSSR count). The summed E-state index contributed by atoms with van der Waals surface area (Å²) in [6, 6.07) is 15.1. The van der Waals surface area contributed by atoms with Gasteiger partial charge < -0.3 is 16.4 Å². The van der Waals surface area contributed by atoms with Crippen molar-refractivity contribution in [3.05, 3.63) is 59.7 Å². The molecule has 0 aliphatic carbocycles. The van der Waals surface area contributed by atoms with Gasteiger partial charge in [0.2, 0.25) is 5.91 Å². The summed E-state index contributed by atoms with van der Waals surface area (Å²) in [5.74, 6) is -0.405. The van der Waals surface area contributed by atoms with E-state index in [2.05, 4.69) is 11.8 Å². The van der Waals surface area contributed by atoms with Crippen molar-refractivity contribution < 1.29 is 4.79 Å². The third-order valence-electron chi connectivity index (χ3n) is 3.30. The number of anilines is 2. The zero-order chi connectivity index (χ0) is 14.5. The van der Waals surface area contributed by atoms with E-state index >= 15 is 0 Å². The number of rotatable bonds is 5. The average Bonchev–Trinajstić information content (AvgIpc) is 2.46. The molecule has 4 nitrogen and oxygen atoms in total. The number of benzene rings is 2. The highest BCUT2D eigenvalue weighted by Crippen LogP contribution is 2.24. The molecule has 0 heterocycles. The quantitative estimate of drug-likeness (QED) is 0.819. The summed E-state index contributed by atoms with van der Waals surface area (Å²) in [4.78, 5) is 13.6. The van der Waals surface area contributed by atoms with Crippen LogP contribution in [0.15, 0.2) is 48.5 Å². The SMILES string of the molecule is CCN(Cc1ccccc1C(N)=O)c1ccccc1N. The molecule has 0 aliphatic heterocycles. The normalized spacial score (nSPS) is 10.2. The molecule has 0 unspecified atom stereocenters. The van der Waals surface area contributed by atoms with Crippen molar-refractivity contribution in [1.29, 1.82) is 0 Å². The maximum Gasteiger partial charge on any atom is 0.249 e. The minimum Gasteiger partial charge on any atom is -0.397 e. The van der Waals surface area contributed by atoms with E-state index in [1.165, 1.54) is 0 Å². The van der Waals surface area contributed by atoms with Gasteiger partial charge >= 0.3 is 0 Å². The number of amides is 1. The highest BCUT2D eigenvalue weighted by atomic mass is 16.1. The van der Waals surface area contributed by atoms with Gasteiger partial charge in [0.05, 0.1) is 11.4 Å². The van der Waals surface area contributed by atoms with Gasteiger partial charge in [0, 0.05) is 18.7 Å². The minimum atomic E-state index is -0.405. The Balaban J connectivity index is 2.32. The van der Waals surface area contributed by atoms with E-state index in [0.717, 1.165) is 23.5 Å². The van der Waals surface area contributed by atoms with Crippen LogP contribution in [0.1, 0.15) is 22.8 Å². The van der Waals surface area contributed by atoms with Crippen LogP contribution in [0, 0.1) is 0 Å². The van der Waals surface area contributed by atoms with Crippen LogP contribution in [-0.4, -0.2) is 12.5 Å². The lowest BCUT2D eigenvalue weighted by molar-refractivity contribution is 0.0999. The zero-order valence-corrected chi connectivity index (χ0v) is 11.5. The fourth-order valence-electron chi connectivity index (χ4n) is 2.25. The van der Waals surface area contributed by atoms with E-state index in [4.69, 9.17) is 11.5 Å². The third-order valence-corrected chi connectivity index (χ3v) is 3.30. The first-order valence-corrected chi connectivity index (χ1v) is 6.60. The van der Waals surface area contributed by atoms with Gasteiger partial charge in [0.15, 0.2) is 0 Å². The highest BCUT2D eigenvalue weighted by molar-refractivity contribution is 5.94. The molecule has 0 bridgehead atoms. The smallest absolute Gasteiger partial charge is 0.249 e. The zero-order valence-electron chi connectivity index (χ0n) is 11.5. The van der Waals surface area contributed by atoms with E-state index in [9.17, 15) is 4.79 Å². The van der Waals surface area contributed by atoms with Crippen LogP contribution >= 0.6 is 0 Å². The monoisotopic (exact) mass is 269 g/mol. The molecule has 0 aliphatic rings. The number of nitrogens with two attached hydrogens (primary N) is 2. The second kappa shape index (κ2) is 6.10. The minimum absolute atomic E-state index is 0.405. The maximum absolute atomic E-state index is 11.5. The number of hydrogen-bond acceptors (Lipinski definition) is 3. The van der Waals surface area contributed by atoms with E-state index < -0.39 is 5.91 Å². The van der Waals surface area contributed by atoms with Crippen LogP contribution < -0.4 is 16.4 Å². The molecule has 0 saturated heterocycles. The van der Waals surface area contributed by atoms with Gasteiger partial charge in [-0.15, -0.1) is 0 Å². The fourth-order valence-corrected chi connectivity index (χ4v) is 2.25. The lowest BCUT2D eigenvalue weighted by atomic mass is 10.1. The number of primary amides is 1. The van der Waals surface area contributed by atoms with E-state index in [1.807, 2.05) is 42.5 Å². The van der Waals surface area contributed by atoms with Gasteiger partial charge in [-0.1, -0.05) is 30.3 Å². The average molecular weight is 269 g/mol. The van der Waals surface area contributed by atoms with E-state index in [-0.39, 0.29) is 0 Å². The van der Waals surface area contributed by atoms with Crippen molar-refractivity contribution in [2.45, 2.75) is 13.5 Å². The molecule has 0 atom stereocenters. The van der Waals surface area contributed by atoms with Gasteiger partial charge in [-0.25, -0.2) is 0 Å². The van der Waals surface area contributed by atoms with Crippen LogP contribution in [0.25, 0.3) is 0 Å². The lowest BCUT2D eigenvalue weighted by Crippen LogP contribution is -2.25. The van der Waals surface area contributed by atoms with E-state index in [1.54, 1.807) is 6.07 Å². The van der Waals surface area contributed by atoms with Crippen LogP contribution in [0.2, 0.25) is 0 Å². The first kappa shape index (κ1) is 13.9. The molecule has 0 fully saturated rings. The Labute approximate surface area is 119 Å². The summed E-state index contributed by atoms with van der Waals surface area (Å²) in [6.45, 7) is 3.45. The van der Waals surface area contributed by atoms with Gasteiger partial charge in [-0.3, -0.25) is 4.79 Å². The molecule has 104 valence electrons. The molecule has 0 aromatic heterocycles. The van der Waals surface area contributed by atoms with Crippen LogP contribution in [0.5, 0.6) is 0 Å². The predicted molar refractivity (Wildman–Crippen MR) is 82.5 cm³/mol. The van der Waals surface area contributed by atoms with Crippen molar-refractivity contribution in [3.63, 3.8) is 0 Å². The Kier molecular flexibility index (Phi) is 4.25. The Morgan fingerprint density at radius 3 is 2.40 bits per heavy atom. The molecule has 0 saturated carbocycles. The predicted octanol–water partition coefficient (Wildman–Crippen LogP) is 2.39. The second-order valence-corrected chi connectivity index (χ2v) is 4.59. The Hall–Kier alpha value is -2.49. The molecule has 0 radical (unpaired) electrons. The van der Waals surface area contributed by atoms with Gasteiger partial charge in [0.1, 0.15) is 0 Å². The molecule has 2 aromatic rings. The van der Waals surface area contributed by atoms with E-state index in [0.29, 0.717) is 12.1 Å². The molecule has 2 aromatic carbocycles. The largest absolute Gasteiger partial charge is 0.397 e. The Bertz CT molecular complexity index is 610. The highest BCUT2D eigenvalue weighted by Gasteiger charge is 2.12. The summed E-state index contributed by atoms with van der Waals surface area (Å²) in [7, 11) is 0. The number of carbonyl (C=O) groups excluding carboxylic acids is 1. The molecular weight excluding hydrogens is 250 g/mol. The molecule has 4 N–H and O–H groups in total. The molecule has 1 amide bonds.